The number of carbonyl (C=O) groups is 2. The summed E-state index contributed by atoms with van der Waals surface area (Å²) in [6.07, 6.45) is 1.76. The largest absolute Gasteiger partial charge is 0.444 e. The SMILES string of the molecule is CO[C@@H](C1CCCN1C(=O)OC(C)(C)C)[C@@H](C)C(=O)NCCc1ccccc1. The highest BCUT2D eigenvalue weighted by Crippen LogP contribution is 2.28. The van der Waals surface area contributed by atoms with E-state index in [0.29, 0.717) is 13.1 Å². The van der Waals surface area contributed by atoms with Crippen molar-refractivity contribution in [2.75, 3.05) is 20.2 Å². The third kappa shape index (κ3) is 6.23. The number of ether oxygens (including phenoxy) is 2. The summed E-state index contributed by atoms with van der Waals surface area (Å²) in [6, 6.07) is 9.90. The number of nitrogens with zero attached hydrogens (tertiary/aromatic N) is 1. The van der Waals surface area contributed by atoms with Crippen LogP contribution in [-0.2, 0) is 20.7 Å². The van der Waals surface area contributed by atoms with Crippen LogP contribution in [0.1, 0.15) is 46.1 Å². The molecule has 156 valence electrons. The standard InChI is InChI=1S/C22H34N2O4/c1-16(20(25)23-14-13-17-10-7-6-8-11-17)19(27-5)18-12-9-15-24(18)21(26)28-22(2,3)4/h6-8,10-11,16,18-19H,9,12-15H2,1-5H3,(H,23,25)/t16-,18?,19-/m1/s1. The number of rotatable bonds is 7. The summed E-state index contributed by atoms with van der Waals surface area (Å²) < 4.78 is 11.2. The number of hydrogen-bond acceptors (Lipinski definition) is 4. The van der Waals surface area contributed by atoms with Gasteiger partial charge in [-0.15, -0.1) is 0 Å². The van der Waals surface area contributed by atoms with Crippen LogP contribution in [0.5, 0.6) is 0 Å². The van der Waals surface area contributed by atoms with Crippen molar-refractivity contribution in [3.05, 3.63) is 35.9 Å². The first-order valence-corrected chi connectivity index (χ1v) is 10.1. The molecule has 0 aliphatic carbocycles. The van der Waals surface area contributed by atoms with Gasteiger partial charge in [-0.1, -0.05) is 37.3 Å². The number of benzene rings is 1. The van der Waals surface area contributed by atoms with Crippen molar-refractivity contribution >= 4 is 12.0 Å². The van der Waals surface area contributed by atoms with Crippen LogP contribution in [-0.4, -0.2) is 54.8 Å². The van der Waals surface area contributed by atoms with E-state index >= 15 is 0 Å². The van der Waals surface area contributed by atoms with E-state index in [4.69, 9.17) is 9.47 Å². The van der Waals surface area contributed by atoms with Gasteiger partial charge in [-0.05, 0) is 45.6 Å². The highest BCUT2D eigenvalue weighted by Gasteiger charge is 2.41. The number of nitrogens with one attached hydrogen (secondary N) is 1. The highest BCUT2D eigenvalue weighted by molar-refractivity contribution is 5.79. The minimum atomic E-state index is -0.548. The average Bonchev–Trinajstić information content (AvgIpc) is 3.11. The summed E-state index contributed by atoms with van der Waals surface area (Å²) in [5, 5.41) is 3.00. The van der Waals surface area contributed by atoms with Crippen LogP contribution < -0.4 is 5.32 Å². The molecule has 0 radical (unpaired) electrons. The molecule has 1 aromatic rings. The topological polar surface area (TPSA) is 67.9 Å². The van der Waals surface area contributed by atoms with Crippen molar-refractivity contribution < 1.29 is 19.1 Å². The Hall–Kier alpha value is -2.08. The lowest BCUT2D eigenvalue weighted by atomic mass is 9.95. The molecule has 6 heteroatoms. The van der Waals surface area contributed by atoms with Crippen molar-refractivity contribution in [2.45, 2.75) is 64.7 Å². The van der Waals surface area contributed by atoms with Crippen molar-refractivity contribution in [1.82, 2.24) is 10.2 Å². The van der Waals surface area contributed by atoms with Gasteiger partial charge >= 0.3 is 6.09 Å². The first-order valence-electron chi connectivity index (χ1n) is 10.1. The minimum absolute atomic E-state index is 0.0566. The first-order chi connectivity index (χ1) is 13.2. The Morgan fingerprint density at radius 3 is 2.54 bits per heavy atom. The van der Waals surface area contributed by atoms with Crippen LogP contribution in [0, 0.1) is 5.92 Å². The molecular weight excluding hydrogens is 356 g/mol. The fraction of sp³-hybridized carbons (Fsp3) is 0.636. The molecule has 1 fully saturated rings. The predicted molar refractivity (Wildman–Crippen MR) is 109 cm³/mol. The zero-order chi connectivity index (χ0) is 20.7. The van der Waals surface area contributed by atoms with Gasteiger partial charge < -0.3 is 19.7 Å². The lowest BCUT2D eigenvalue weighted by Gasteiger charge is -2.34. The molecule has 0 saturated carbocycles. The predicted octanol–water partition coefficient (Wildman–Crippen LogP) is 3.40. The van der Waals surface area contributed by atoms with Gasteiger partial charge in [0.2, 0.25) is 5.91 Å². The summed E-state index contributed by atoms with van der Waals surface area (Å²) in [4.78, 5) is 26.9. The third-order valence-electron chi connectivity index (χ3n) is 5.04. The second-order valence-electron chi connectivity index (χ2n) is 8.40. The molecule has 2 amide bonds. The van der Waals surface area contributed by atoms with Crippen LogP contribution in [0.25, 0.3) is 0 Å². The summed E-state index contributed by atoms with van der Waals surface area (Å²) >= 11 is 0. The van der Waals surface area contributed by atoms with E-state index in [0.717, 1.165) is 19.3 Å². The highest BCUT2D eigenvalue weighted by atomic mass is 16.6. The maximum absolute atomic E-state index is 12.7. The quantitative estimate of drug-likeness (QED) is 0.775. The lowest BCUT2D eigenvalue weighted by Crippen LogP contribution is -2.50. The van der Waals surface area contributed by atoms with Gasteiger partial charge in [0.15, 0.2) is 0 Å². The van der Waals surface area contributed by atoms with Gasteiger partial charge in [-0.25, -0.2) is 4.79 Å². The Balaban J connectivity index is 1.94. The van der Waals surface area contributed by atoms with E-state index < -0.39 is 5.60 Å². The van der Waals surface area contributed by atoms with Gasteiger partial charge in [0, 0.05) is 20.2 Å². The summed E-state index contributed by atoms with van der Waals surface area (Å²) in [5.74, 6) is -0.423. The number of hydrogen-bond donors (Lipinski definition) is 1. The van der Waals surface area contributed by atoms with Crippen molar-refractivity contribution in [2.24, 2.45) is 5.92 Å². The zero-order valence-electron chi connectivity index (χ0n) is 17.7. The van der Waals surface area contributed by atoms with E-state index in [1.807, 2.05) is 58.0 Å². The zero-order valence-corrected chi connectivity index (χ0v) is 17.7. The molecule has 6 nitrogen and oxygen atoms in total. The van der Waals surface area contributed by atoms with Gasteiger partial charge in [0.25, 0.3) is 0 Å². The second kappa shape index (κ2) is 9.92. The third-order valence-corrected chi connectivity index (χ3v) is 5.04. The molecule has 1 aromatic carbocycles. The van der Waals surface area contributed by atoms with Gasteiger partial charge in [0.05, 0.1) is 18.1 Å². The van der Waals surface area contributed by atoms with Crippen LogP contribution in [0.4, 0.5) is 4.79 Å². The fourth-order valence-electron chi connectivity index (χ4n) is 3.66. The Kier molecular flexibility index (Phi) is 7.87. The van der Waals surface area contributed by atoms with E-state index in [1.165, 1.54) is 5.56 Å². The molecule has 3 atom stereocenters. The molecule has 2 rings (SSSR count). The molecule has 0 aromatic heterocycles. The van der Waals surface area contributed by atoms with Gasteiger partial charge in [0.1, 0.15) is 5.60 Å². The maximum atomic E-state index is 12.7. The maximum Gasteiger partial charge on any atom is 0.410 e. The van der Waals surface area contributed by atoms with Crippen LogP contribution in [0.15, 0.2) is 30.3 Å². The van der Waals surface area contributed by atoms with Crippen LogP contribution in [0.3, 0.4) is 0 Å². The average molecular weight is 391 g/mol. The Morgan fingerprint density at radius 1 is 1.25 bits per heavy atom. The van der Waals surface area contributed by atoms with E-state index in [9.17, 15) is 9.59 Å². The molecule has 1 saturated heterocycles. The molecule has 0 bridgehead atoms. The molecule has 1 aliphatic heterocycles. The van der Waals surface area contributed by atoms with Crippen molar-refractivity contribution in [1.29, 1.82) is 0 Å². The Bertz CT molecular complexity index is 642. The summed E-state index contributed by atoms with van der Waals surface area (Å²) in [5.41, 5.74) is 0.637. The van der Waals surface area contributed by atoms with Crippen LogP contribution in [0.2, 0.25) is 0 Å². The molecule has 28 heavy (non-hydrogen) atoms. The van der Waals surface area contributed by atoms with E-state index in [-0.39, 0.29) is 30.1 Å². The van der Waals surface area contributed by atoms with E-state index in [2.05, 4.69) is 5.32 Å². The number of likely N-dealkylation sites (tertiary alicyclic amines) is 1. The molecule has 0 spiro atoms. The van der Waals surface area contributed by atoms with Gasteiger partial charge in [-0.3, -0.25) is 4.79 Å². The number of methoxy groups -OCH3 is 1. The fourth-order valence-corrected chi connectivity index (χ4v) is 3.66. The smallest absolute Gasteiger partial charge is 0.410 e. The second-order valence-corrected chi connectivity index (χ2v) is 8.40. The molecule has 1 heterocycles. The summed E-state index contributed by atoms with van der Waals surface area (Å²) in [7, 11) is 1.60. The normalized spacial score (nSPS) is 19.2. The summed E-state index contributed by atoms with van der Waals surface area (Å²) in [6.45, 7) is 8.62. The van der Waals surface area contributed by atoms with E-state index in [1.54, 1.807) is 12.0 Å². The first kappa shape index (κ1) is 22.2. The Labute approximate surface area is 168 Å². The van der Waals surface area contributed by atoms with Crippen molar-refractivity contribution in [3.8, 4) is 0 Å². The van der Waals surface area contributed by atoms with Gasteiger partial charge in [-0.2, -0.15) is 0 Å². The molecule has 1 unspecified atom stereocenters. The lowest BCUT2D eigenvalue weighted by molar-refractivity contribution is -0.130. The monoisotopic (exact) mass is 390 g/mol. The molecule has 1 N–H and O–H groups in total. The van der Waals surface area contributed by atoms with Crippen molar-refractivity contribution in [3.63, 3.8) is 0 Å². The van der Waals surface area contributed by atoms with Crippen LogP contribution >= 0.6 is 0 Å². The molecule has 1 aliphatic rings. The number of amides is 2. The minimum Gasteiger partial charge on any atom is -0.444 e. The molecular formula is C22H34N2O4. The Morgan fingerprint density at radius 2 is 1.93 bits per heavy atom. The number of carbonyl (C=O) groups excluding carboxylic acids is 2.